The summed E-state index contributed by atoms with van der Waals surface area (Å²) < 4.78 is 31.7. The summed E-state index contributed by atoms with van der Waals surface area (Å²) in [4.78, 5) is 15.4. The average Bonchev–Trinajstić information content (AvgIpc) is 3.19. The van der Waals surface area contributed by atoms with E-state index in [9.17, 15) is 13.2 Å². The number of carboxylic acid groups (broad SMARTS) is 1. The van der Waals surface area contributed by atoms with E-state index in [0.29, 0.717) is 5.92 Å². The molecule has 0 saturated heterocycles. The Kier molecular flexibility index (Phi) is 7.98. The van der Waals surface area contributed by atoms with Crippen LogP contribution >= 0.6 is 0 Å². The van der Waals surface area contributed by atoms with Gasteiger partial charge < -0.3 is 15.3 Å². The largest absolute Gasteiger partial charge is 0.490 e. The second-order valence-electron chi connectivity index (χ2n) is 7.39. The number of hydrogen-bond acceptors (Lipinski definition) is 5. The van der Waals surface area contributed by atoms with Crippen molar-refractivity contribution in [2.45, 2.75) is 32.0 Å². The summed E-state index contributed by atoms with van der Waals surface area (Å²) in [5.41, 5.74) is 3.60. The number of aliphatic carboxylic acids is 1. The average molecular weight is 437 g/mol. The molecule has 2 aromatic heterocycles. The Morgan fingerprint density at radius 1 is 1.16 bits per heavy atom. The third-order valence-corrected chi connectivity index (χ3v) is 4.74. The Morgan fingerprint density at radius 2 is 1.81 bits per heavy atom. The predicted molar refractivity (Wildman–Crippen MR) is 113 cm³/mol. The Balaban J connectivity index is 0.000000423. The minimum Gasteiger partial charge on any atom is -0.475 e. The number of halogens is 3. The first-order chi connectivity index (χ1) is 14.5. The molecule has 1 aromatic carbocycles. The molecule has 7 nitrogen and oxygen atoms in total. The van der Waals surface area contributed by atoms with E-state index in [-0.39, 0.29) is 6.04 Å². The number of hydrogen-bond donors (Lipinski definition) is 3. The molecule has 0 amide bonds. The molecule has 3 N–H and O–H groups in total. The number of aromatic amines is 1. The number of pyridine rings is 1. The van der Waals surface area contributed by atoms with E-state index in [4.69, 9.17) is 9.90 Å². The number of rotatable bonds is 6. The molecule has 0 radical (unpaired) electrons. The lowest BCUT2D eigenvalue weighted by Crippen LogP contribution is -2.23. The molecule has 0 aliphatic rings. The van der Waals surface area contributed by atoms with Crippen LogP contribution < -0.4 is 10.2 Å². The fourth-order valence-corrected chi connectivity index (χ4v) is 2.77. The minimum atomic E-state index is -5.08. The van der Waals surface area contributed by atoms with Gasteiger partial charge >= 0.3 is 12.1 Å². The number of H-pyrrole nitrogens is 1. The summed E-state index contributed by atoms with van der Waals surface area (Å²) >= 11 is 0. The molecule has 2 unspecified atom stereocenters. The first kappa shape index (κ1) is 24.1. The maximum Gasteiger partial charge on any atom is 0.490 e. The van der Waals surface area contributed by atoms with Gasteiger partial charge in [-0.1, -0.05) is 25.1 Å². The molecular weight excluding hydrogens is 411 g/mol. The van der Waals surface area contributed by atoms with E-state index in [2.05, 4.69) is 64.7 Å². The van der Waals surface area contributed by atoms with Gasteiger partial charge in [0, 0.05) is 38.3 Å². The molecule has 10 heteroatoms. The summed E-state index contributed by atoms with van der Waals surface area (Å²) in [7, 11) is 4.01. The van der Waals surface area contributed by atoms with E-state index in [1.807, 2.05) is 31.4 Å². The summed E-state index contributed by atoms with van der Waals surface area (Å²) in [6.07, 6.45) is -1.26. The van der Waals surface area contributed by atoms with Crippen molar-refractivity contribution in [3.8, 4) is 0 Å². The number of nitrogens with one attached hydrogen (secondary N) is 2. The first-order valence-corrected chi connectivity index (χ1v) is 9.58. The van der Waals surface area contributed by atoms with Crippen molar-refractivity contribution in [2.24, 2.45) is 0 Å². The number of carbonyl (C=O) groups is 1. The standard InChI is InChI=1S/C19H25N5.C2HF3O2/c1-13(16-7-8-19(21-11-16)24(3)4)10-20-14(2)15-5-6-17-12-22-23-18(17)9-15;3-2(4,5)1(6)7/h5-9,11-14,20H,10H2,1-4H3,(H,22,23);(H,6,7). The van der Waals surface area contributed by atoms with Crippen LogP contribution in [-0.4, -0.2) is 53.1 Å². The van der Waals surface area contributed by atoms with E-state index in [1.165, 1.54) is 11.1 Å². The summed E-state index contributed by atoms with van der Waals surface area (Å²) in [6, 6.07) is 11.0. The zero-order valence-electron chi connectivity index (χ0n) is 17.7. The lowest BCUT2D eigenvalue weighted by molar-refractivity contribution is -0.192. The lowest BCUT2D eigenvalue weighted by atomic mass is 10.0. The van der Waals surface area contributed by atoms with Crippen LogP contribution in [0.25, 0.3) is 10.9 Å². The first-order valence-electron chi connectivity index (χ1n) is 9.58. The van der Waals surface area contributed by atoms with Gasteiger partial charge in [0.15, 0.2) is 0 Å². The van der Waals surface area contributed by atoms with Crippen molar-refractivity contribution >= 4 is 22.7 Å². The van der Waals surface area contributed by atoms with Crippen LogP contribution in [0.3, 0.4) is 0 Å². The van der Waals surface area contributed by atoms with Crippen molar-refractivity contribution in [2.75, 3.05) is 25.5 Å². The third kappa shape index (κ3) is 6.95. The summed E-state index contributed by atoms with van der Waals surface area (Å²) in [6.45, 7) is 5.33. The maximum atomic E-state index is 10.6. The van der Waals surface area contributed by atoms with Gasteiger partial charge in [-0.05, 0) is 36.1 Å². The van der Waals surface area contributed by atoms with Gasteiger partial charge in [0.05, 0.1) is 11.7 Å². The van der Waals surface area contributed by atoms with E-state index in [0.717, 1.165) is 23.3 Å². The third-order valence-electron chi connectivity index (χ3n) is 4.74. The van der Waals surface area contributed by atoms with Crippen molar-refractivity contribution in [1.29, 1.82) is 0 Å². The fourth-order valence-electron chi connectivity index (χ4n) is 2.77. The quantitative estimate of drug-likeness (QED) is 0.537. The number of fused-ring (bicyclic) bond motifs is 1. The zero-order valence-corrected chi connectivity index (χ0v) is 17.7. The fraction of sp³-hybridized carbons (Fsp3) is 0.381. The van der Waals surface area contributed by atoms with Crippen molar-refractivity contribution < 1.29 is 23.1 Å². The molecule has 0 spiro atoms. The monoisotopic (exact) mass is 437 g/mol. The molecule has 0 saturated carbocycles. The SMILES string of the molecule is CC(CNC(C)c1ccc2cn[nH]c2c1)c1ccc(N(C)C)nc1.O=C(O)C(F)(F)F. The molecule has 3 aromatic rings. The lowest BCUT2D eigenvalue weighted by Gasteiger charge is -2.19. The van der Waals surface area contributed by atoms with Crippen LogP contribution in [-0.2, 0) is 4.79 Å². The molecule has 31 heavy (non-hydrogen) atoms. The van der Waals surface area contributed by atoms with Gasteiger partial charge in [0.25, 0.3) is 0 Å². The Bertz CT molecular complexity index is 987. The Labute approximate surface area is 178 Å². The number of nitrogens with zero attached hydrogens (tertiary/aromatic N) is 3. The van der Waals surface area contributed by atoms with E-state index in [1.54, 1.807) is 0 Å². The highest BCUT2D eigenvalue weighted by atomic mass is 19.4. The van der Waals surface area contributed by atoms with Gasteiger partial charge in [-0.2, -0.15) is 18.3 Å². The van der Waals surface area contributed by atoms with Crippen LogP contribution in [0.2, 0.25) is 0 Å². The molecule has 0 aliphatic heterocycles. The van der Waals surface area contributed by atoms with Crippen LogP contribution in [0.4, 0.5) is 19.0 Å². The number of carboxylic acids is 1. The predicted octanol–water partition coefficient (Wildman–Crippen LogP) is 4.11. The number of alkyl halides is 3. The Hall–Kier alpha value is -3.14. The zero-order chi connectivity index (χ0) is 23.2. The molecule has 3 rings (SSSR count). The number of aromatic nitrogens is 3. The highest BCUT2D eigenvalue weighted by molar-refractivity contribution is 5.78. The van der Waals surface area contributed by atoms with Gasteiger partial charge in [-0.3, -0.25) is 5.10 Å². The van der Waals surface area contributed by atoms with Crippen LogP contribution in [0.15, 0.2) is 42.7 Å². The van der Waals surface area contributed by atoms with Crippen LogP contribution in [0.5, 0.6) is 0 Å². The molecule has 0 fully saturated rings. The van der Waals surface area contributed by atoms with Crippen molar-refractivity contribution in [1.82, 2.24) is 20.5 Å². The second-order valence-corrected chi connectivity index (χ2v) is 7.39. The molecule has 0 bridgehead atoms. The molecule has 2 heterocycles. The highest BCUT2D eigenvalue weighted by Gasteiger charge is 2.38. The highest BCUT2D eigenvalue weighted by Crippen LogP contribution is 2.21. The van der Waals surface area contributed by atoms with Gasteiger partial charge in [0.2, 0.25) is 0 Å². The van der Waals surface area contributed by atoms with Crippen LogP contribution in [0, 0.1) is 0 Å². The topological polar surface area (TPSA) is 94.1 Å². The maximum absolute atomic E-state index is 10.6. The number of benzene rings is 1. The van der Waals surface area contributed by atoms with Crippen molar-refractivity contribution in [3.63, 3.8) is 0 Å². The van der Waals surface area contributed by atoms with E-state index >= 15 is 0 Å². The van der Waals surface area contributed by atoms with Gasteiger partial charge in [0.1, 0.15) is 5.82 Å². The number of anilines is 1. The van der Waals surface area contributed by atoms with Crippen LogP contribution in [0.1, 0.15) is 36.9 Å². The second kappa shape index (κ2) is 10.3. The molecular formula is C21H26F3N5O2. The minimum absolute atomic E-state index is 0.286. The van der Waals surface area contributed by atoms with E-state index < -0.39 is 12.1 Å². The normalized spacial score (nSPS) is 13.3. The Morgan fingerprint density at radius 3 is 2.35 bits per heavy atom. The molecule has 2 atom stereocenters. The molecule has 0 aliphatic carbocycles. The van der Waals surface area contributed by atoms with Gasteiger partial charge in [-0.15, -0.1) is 0 Å². The molecule has 168 valence electrons. The van der Waals surface area contributed by atoms with Crippen molar-refractivity contribution in [3.05, 3.63) is 53.9 Å². The van der Waals surface area contributed by atoms with Gasteiger partial charge in [-0.25, -0.2) is 9.78 Å². The smallest absolute Gasteiger partial charge is 0.475 e. The summed E-state index contributed by atoms with van der Waals surface area (Å²) in [5.74, 6) is -1.36. The summed E-state index contributed by atoms with van der Waals surface area (Å²) in [5, 5.41) is 19.0.